The van der Waals surface area contributed by atoms with Crippen molar-refractivity contribution in [3.8, 4) is 0 Å². The molecule has 1 fully saturated rings. The Bertz CT molecular complexity index is 472. The summed E-state index contributed by atoms with van der Waals surface area (Å²) in [7, 11) is 0. The van der Waals surface area contributed by atoms with E-state index >= 15 is 0 Å². The lowest BCUT2D eigenvalue weighted by Crippen LogP contribution is -2.43. The number of thioether (sulfide) groups is 1. The van der Waals surface area contributed by atoms with Crippen molar-refractivity contribution in [1.29, 1.82) is 0 Å². The molecule has 6 heteroatoms. The van der Waals surface area contributed by atoms with Gasteiger partial charge in [-0.25, -0.2) is 9.37 Å². The summed E-state index contributed by atoms with van der Waals surface area (Å²) in [4.78, 5) is 15.8. The van der Waals surface area contributed by atoms with Crippen LogP contribution >= 0.6 is 23.4 Å². The van der Waals surface area contributed by atoms with Gasteiger partial charge in [-0.3, -0.25) is 4.79 Å². The second kappa shape index (κ2) is 6.57. The van der Waals surface area contributed by atoms with Crippen LogP contribution in [0.4, 0.5) is 4.39 Å². The molecule has 1 aromatic heterocycles. The zero-order chi connectivity index (χ0) is 13.8. The molecule has 0 saturated heterocycles. The molecule has 1 aliphatic carbocycles. The van der Waals surface area contributed by atoms with Gasteiger partial charge in [0.05, 0.1) is 11.8 Å². The maximum Gasteiger partial charge on any atom is 0.254 e. The number of hydrogen-bond donors (Lipinski definition) is 1. The van der Waals surface area contributed by atoms with Crippen LogP contribution in [0.15, 0.2) is 12.3 Å². The second-order valence-corrected chi connectivity index (χ2v) is 6.07. The van der Waals surface area contributed by atoms with Gasteiger partial charge in [0, 0.05) is 11.3 Å². The highest BCUT2D eigenvalue weighted by Crippen LogP contribution is 2.27. The molecular weight excluding hydrogens is 287 g/mol. The van der Waals surface area contributed by atoms with Gasteiger partial charge in [-0.15, -0.1) is 0 Å². The molecule has 0 radical (unpaired) electrons. The SMILES string of the molecule is CSC1CCCCC1NC(=O)c1cc(F)cnc1Cl. The fourth-order valence-electron chi connectivity index (χ4n) is 2.37. The zero-order valence-corrected chi connectivity index (χ0v) is 12.2. The van der Waals surface area contributed by atoms with Crippen LogP contribution in [0, 0.1) is 5.82 Å². The number of nitrogens with one attached hydrogen (secondary N) is 1. The Kier molecular flexibility index (Phi) is 5.05. The minimum absolute atomic E-state index is 0.0374. The molecule has 0 aliphatic heterocycles. The molecular formula is C13H16ClFN2OS. The Labute approximate surface area is 121 Å². The molecule has 0 aromatic carbocycles. The number of amides is 1. The molecule has 2 atom stereocenters. The number of carbonyl (C=O) groups is 1. The lowest BCUT2D eigenvalue weighted by Gasteiger charge is -2.30. The maximum atomic E-state index is 13.1. The molecule has 2 rings (SSSR count). The maximum absolute atomic E-state index is 13.1. The summed E-state index contributed by atoms with van der Waals surface area (Å²) in [6.07, 6.45) is 7.41. The van der Waals surface area contributed by atoms with E-state index in [1.807, 2.05) is 6.26 Å². The predicted molar refractivity (Wildman–Crippen MR) is 76.2 cm³/mol. The first-order valence-corrected chi connectivity index (χ1v) is 7.93. The molecule has 2 unspecified atom stereocenters. The number of carbonyl (C=O) groups excluding carboxylic acids is 1. The molecule has 1 N–H and O–H groups in total. The summed E-state index contributed by atoms with van der Waals surface area (Å²) in [6.45, 7) is 0. The monoisotopic (exact) mass is 302 g/mol. The van der Waals surface area contributed by atoms with E-state index in [1.165, 1.54) is 6.42 Å². The molecule has 1 aromatic rings. The number of nitrogens with zero attached hydrogens (tertiary/aromatic N) is 1. The highest BCUT2D eigenvalue weighted by atomic mass is 35.5. The van der Waals surface area contributed by atoms with Crippen LogP contribution in [-0.4, -0.2) is 28.4 Å². The van der Waals surface area contributed by atoms with Crippen molar-refractivity contribution < 1.29 is 9.18 Å². The number of aromatic nitrogens is 1. The summed E-state index contributed by atoms with van der Waals surface area (Å²) in [5.74, 6) is -0.900. The molecule has 1 saturated carbocycles. The van der Waals surface area contributed by atoms with Crippen LogP contribution in [0.25, 0.3) is 0 Å². The predicted octanol–water partition coefficient (Wildman–Crippen LogP) is 3.28. The Morgan fingerprint density at radius 1 is 1.53 bits per heavy atom. The molecule has 0 spiro atoms. The van der Waals surface area contributed by atoms with Gasteiger partial charge >= 0.3 is 0 Å². The van der Waals surface area contributed by atoms with E-state index in [0.717, 1.165) is 31.5 Å². The smallest absolute Gasteiger partial charge is 0.254 e. The number of hydrogen-bond acceptors (Lipinski definition) is 3. The first-order valence-electron chi connectivity index (χ1n) is 6.26. The van der Waals surface area contributed by atoms with E-state index in [0.29, 0.717) is 5.25 Å². The van der Waals surface area contributed by atoms with E-state index in [2.05, 4.69) is 10.3 Å². The lowest BCUT2D eigenvalue weighted by atomic mass is 9.94. The normalized spacial score (nSPS) is 23.1. The number of pyridine rings is 1. The van der Waals surface area contributed by atoms with E-state index < -0.39 is 5.82 Å². The highest BCUT2D eigenvalue weighted by Gasteiger charge is 2.26. The largest absolute Gasteiger partial charge is 0.348 e. The highest BCUT2D eigenvalue weighted by molar-refractivity contribution is 7.99. The van der Waals surface area contributed by atoms with Gasteiger partial charge in [-0.2, -0.15) is 11.8 Å². The molecule has 1 amide bonds. The molecule has 104 valence electrons. The van der Waals surface area contributed by atoms with Gasteiger partial charge in [0.2, 0.25) is 0 Å². The van der Waals surface area contributed by atoms with Crippen molar-refractivity contribution in [2.75, 3.05) is 6.26 Å². The Morgan fingerprint density at radius 3 is 3.00 bits per heavy atom. The van der Waals surface area contributed by atoms with Gasteiger partial charge in [0.15, 0.2) is 0 Å². The third-order valence-electron chi connectivity index (χ3n) is 3.37. The molecule has 19 heavy (non-hydrogen) atoms. The molecule has 0 bridgehead atoms. The van der Waals surface area contributed by atoms with Gasteiger partial charge in [-0.05, 0) is 25.2 Å². The van der Waals surface area contributed by atoms with Crippen molar-refractivity contribution in [3.63, 3.8) is 0 Å². The molecule has 1 aliphatic rings. The summed E-state index contributed by atoms with van der Waals surface area (Å²) in [5, 5.41) is 3.41. The van der Waals surface area contributed by atoms with E-state index in [4.69, 9.17) is 11.6 Å². The summed E-state index contributed by atoms with van der Waals surface area (Å²) >= 11 is 7.60. The summed E-state index contributed by atoms with van der Waals surface area (Å²) < 4.78 is 13.1. The van der Waals surface area contributed by atoms with Crippen LogP contribution in [0.3, 0.4) is 0 Å². The third kappa shape index (κ3) is 3.60. The van der Waals surface area contributed by atoms with Gasteiger partial charge in [0.25, 0.3) is 5.91 Å². The minimum Gasteiger partial charge on any atom is -0.348 e. The Hall–Kier alpha value is -0.810. The number of halogens is 2. The fourth-order valence-corrected chi connectivity index (χ4v) is 3.50. The van der Waals surface area contributed by atoms with Gasteiger partial charge in [-0.1, -0.05) is 24.4 Å². The van der Waals surface area contributed by atoms with Crippen molar-refractivity contribution in [1.82, 2.24) is 10.3 Å². The van der Waals surface area contributed by atoms with E-state index in [1.54, 1.807) is 11.8 Å². The van der Waals surface area contributed by atoms with E-state index in [-0.39, 0.29) is 22.7 Å². The van der Waals surface area contributed by atoms with Crippen molar-refractivity contribution in [2.24, 2.45) is 0 Å². The fraction of sp³-hybridized carbons (Fsp3) is 0.538. The van der Waals surface area contributed by atoms with Crippen LogP contribution in [0.2, 0.25) is 5.15 Å². The summed E-state index contributed by atoms with van der Waals surface area (Å²) in [6, 6.07) is 1.25. The van der Waals surface area contributed by atoms with Crippen molar-refractivity contribution in [3.05, 3.63) is 28.8 Å². The van der Waals surface area contributed by atoms with Crippen LogP contribution in [-0.2, 0) is 0 Å². The topological polar surface area (TPSA) is 42.0 Å². The van der Waals surface area contributed by atoms with Crippen LogP contribution in [0.5, 0.6) is 0 Å². The van der Waals surface area contributed by atoms with Crippen LogP contribution < -0.4 is 5.32 Å². The molecule has 1 heterocycles. The van der Waals surface area contributed by atoms with Gasteiger partial charge in [0.1, 0.15) is 11.0 Å². The van der Waals surface area contributed by atoms with Crippen molar-refractivity contribution in [2.45, 2.75) is 37.0 Å². The van der Waals surface area contributed by atoms with Crippen LogP contribution in [0.1, 0.15) is 36.0 Å². The minimum atomic E-state index is -0.556. The summed E-state index contributed by atoms with van der Waals surface area (Å²) in [5.41, 5.74) is 0.104. The first kappa shape index (κ1) is 14.6. The Balaban J connectivity index is 2.09. The van der Waals surface area contributed by atoms with E-state index in [9.17, 15) is 9.18 Å². The average molecular weight is 303 g/mol. The average Bonchev–Trinajstić information content (AvgIpc) is 2.42. The molecule has 3 nitrogen and oxygen atoms in total. The number of rotatable bonds is 3. The Morgan fingerprint density at radius 2 is 2.26 bits per heavy atom. The zero-order valence-electron chi connectivity index (χ0n) is 10.7. The van der Waals surface area contributed by atoms with Crippen molar-refractivity contribution >= 4 is 29.3 Å². The second-order valence-electron chi connectivity index (χ2n) is 4.63. The third-order valence-corrected chi connectivity index (χ3v) is 4.84. The first-order chi connectivity index (χ1) is 9.11. The quantitative estimate of drug-likeness (QED) is 0.871. The standard InChI is InChI=1S/C13H16ClFN2OS/c1-19-11-5-3-2-4-10(11)17-13(18)9-6-8(15)7-16-12(9)14/h6-7,10-11H,2-5H2,1H3,(H,17,18). The van der Waals surface area contributed by atoms with Gasteiger partial charge < -0.3 is 5.32 Å². The lowest BCUT2D eigenvalue weighted by molar-refractivity contribution is 0.0928.